The lowest BCUT2D eigenvalue weighted by atomic mass is 10.1. The van der Waals surface area contributed by atoms with Crippen molar-refractivity contribution in [2.24, 2.45) is 0 Å². The highest BCUT2D eigenvalue weighted by Crippen LogP contribution is 2.15. The number of benzene rings is 1. The van der Waals surface area contributed by atoms with Crippen molar-refractivity contribution in [3.05, 3.63) is 34.9 Å². The maximum absolute atomic E-state index is 5.00. The minimum Gasteiger partial charge on any atom is -0.131 e. The van der Waals surface area contributed by atoms with Crippen molar-refractivity contribution in [3.63, 3.8) is 0 Å². The second kappa shape index (κ2) is 3.37. The molecule has 0 heterocycles. The summed E-state index contributed by atoms with van der Waals surface area (Å²) in [6.45, 7) is 4.09. The molecule has 0 aliphatic rings. The fourth-order valence-electron chi connectivity index (χ4n) is 1.15. The van der Waals surface area contributed by atoms with E-state index in [0.717, 1.165) is 5.56 Å². The van der Waals surface area contributed by atoms with Crippen LogP contribution in [0.2, 0.25) is 0 Å². The van der Waals surface area contributed by atoms with Crippen molar-refractivity contribution in [3.8, 4) is 0 Å². The molecule has 11 heavy (non-hydrogen) atoms. The maximum Gasteiger partial charge on any atom is 0.0753 e. The molecule has 1 aromatic rings. The summed E-state index contributed by atoms with van der Waals surface area (Å²) < 4.78 is 0.681. The van der Waals surface area contributed by atoms with Gasteiger partial charge in [-0.2, -0.15) is 0 Å². The van der Waals surface area contributed by atoms with Crippen LogP contribution in [0.4, 0.5) is 0 Å². The Morgan fingerprint density at radius 1 is 1.27 bits per heavy atom. The zero-order chi connectivity index (χ0) is 8.43. The van der Waals surface area contributed by atoms with E-state index >= 15 is 0 Å². The molecule has 0 N–H and O–H groups in total. The smallest absolute Gasteiger partial charge is 0.0753 e. The van der Waals surface area contributed by atoms with E-state index in [1.807, 2.05) is 32.0 Å². The Morgan fingerprint density at radius 2 is 1.73 bits per heavy atom. The number of thiol groups is 1. The van der Waals surface area contributed by atoms with E-state index in [-0.39, 0.29) is 0 Å². The topological polar surface area (TPSA) is 0 Å². The zero-order valence-corrected chi connectivity index (χ0v) is 8.30. The first-order valence-corrected chi connectivity index (χ1v) is 4.28. The highest BCUT2D eigenvalue weighted by atomic mass is 32.1. The van der Waals surface area contributed by atoms with Gasteiger partial charge in [-0.1, -0.05) is 30.4 Å². The molecule has 0 aliphatic heterocycles. The van der Waals surface area contributed by atoms with Crippen LogP contribution in [0.5, 0.6) is 0 Å². The van der Waals surface area contributed by atoms with Crippen LogP contribution in [0.1, 0.15) is 16.7 Å². The Kier molecular flexibility index (Phi) is 2.68. The molecule has 0 saturated heterocycles. The van der Waals surface area contributed by atoms with Gasteiger partial charge in [-0.25, -0.2) is 0 Å². The van der Waals surface area contributed by atoms with Crippen molar-refractivity contribution >= 4 is 29.0 Å². The molecule has 0 atom stereocenters. The summed E-state index contributed by atoms with van der Waals surface area (Å²) in [4.78, 5) is 0. The van der Waals surface area contributed by atoms with Gasteiger partial charge in [0.2, 0.25) is 0 Å². The van der Waals surface area contributed by atoms with Crippen LogP contribution in [0.25, 0.3) is 0 Å². The third-order valence-corrected chi connectivity index (χ3v) is 2.12. The maximum atomic E-state index is 5.00. The average molecular weight is 182 g/mol. The molecule has 0 nitrogen and oxygen atoms in total. The van der Waals surface area contributed by atoms with Gasteiger partial charge >= 0.3 is 0 Å². The van der Waals surface area contributed by atoms with Gasteiger partial charge in [-0.3, -0.25) is 0 Å². The first-order chi connectivity index (χ1) is 5.13. The van der Waals surface area contributed by atoms with Crippen molar-refractivity contribution < 1.29 is 0 Å². The van der Waals surface area contributed by atoms with E-state index in [9.17, 15) is 0 Å². The van der Waals surface area contributed by atoms with E-state index in [2.05, 4.69) is 12.6 Å². The van der Waals surface area contributed by atoms with Crippen LogP contribution >= 0.6 is 24.8 Å². The molecule has 0 fully saturated rings. The molecular weight excluding hydrogens is 172 g/mol. The van der Waals surface area contributed by atoms with Gasteiger partial charge in [-0.05, 0) is 25.0 Å². The first kappa shape index (κ1) is 8.75. The SMILES string of the molecule is Cc1cccc(C)c1C(=S)S. The number of hydrogen-bond acceptors (Lipinski definition) is 1. The Balaban J connectivity index is 3.32. The molecule has 2 heteroatoms. The summed E-state index contributed by atoms with van der Waals surface area (Å²) in [6, 6.07) is 6.12. The first-order valence-electron chi connectivity index (χ1n) is 3.42. The van der Waals surface area contributed by atoms with Gasteiger partial charge in [-0.15, -0.1) is 12.6 Å². The number of thiocarbonyl (C=S) groups is 1. The highest BCUT2D eigenvalue weighted by Gasteiger charge is 2.02. The second-order valence-electron chi connectivity index (χ2n) is 2.57. The molecule has 0 unspecified atom stereocenters. The molecule has 58 valence electrons. The van der Waals surface area contributed by atoms with E-state index in [1.54, 1.807) is 0 Å². The minimum atomic E-state index is 0.681. The second-order valence-corrected chi connectivity index (χ2v) is 3.73. The summed E-state index contributed by atoms with van der Waals surface area (Å²) in [6.07, 6.45) is 0. The van der Waals surface area contributed by atoms with Crippen LogP contribution in [0, 0.1) is 13.8 Å². The molecule has 0 aliphatic carbocycles. The van der Waals surface area contributed by atoms with Crippen molar-refractivity contribution in [1.82, 2.24) is 0 Å². The van der Waals surface area contributed by atoms with Gasteiger partial charge < -0.3 is 0 Å². The van der Waals surface area contributed by atoms with Crippen LogP contribution in [0.15, 0.2) is 18.2 Å². The Labute approximate surface area is 78.0 Å². The summed E-state index contributed by atoms with van der Waals surface area (Å²) in [5.74, 6) is 0. The van der Waals surface area contributed by atoms with E-state index < -0.39 is 0 Å². The molecule has 0 radical (unpaired) electrons. The Morgan fingerprint density at radius 3 is 2.00 bits per heavy atom. The Hall–Kier alpha value is -0.340. The third kappa shape index (κ3) is 1.82. The summed E-state index contributed by atoms with van der Waals surface area (Å²) in [7, 11) is 0. The predicted octanol–water partition coefficient (Wildman–Crippen LogP) is 2.91. The number of rotatable bonds is 1. The summed E-state index contributed by atoms with van der Waals surface area (Å²) in [5.41, 5.74) is 3.50. The fraction of sp³-hybridized carbons (Fsp3) is 0.222. The number of hydrogen-bond donors (Lipinski definition) is 1. The lowest BCUT2D eigenvalue weighted by Crippen LogP contribution is -1.95. The van der Waals surface area contributed by atoms with E-state index in [1.165, 1.54) is 11.1 Å². The third-order valence-electron chi connectivity index (χ3n) is 1.69. The highest BCUT2D eigenvalue weighted by molar-refractivity contribution is 8.11. The summed E-state index contributed by atoms with van der Waals surface area (Å²) in [5, 5.41) is 0. The van der Waals surface area contributed by atoms with E-state index in [0.29, 0.717) is 4.20 Å². The van der Waals surface area contributed by atoms with Gasteiger partial charge in [0.1, 0.15) is 0 Å². The van der Waals surface area contributed by atoms with Crippen LogP contribution < -0.4 is 0 Å². The average Bonchev–Trinajstić information content (AvgIpc) is 1.85. The zero-order valence-electron chi connectivity index (χ0n) is 6.59. The predicted molar refractivity (Wildman–Crippen MR) is 56.6 cm³/mol. The van der Waals surface area contributed by atoms with Crippen molar-refractivity contribution in [2.75, 3.05) is 0 Å². The molecular formula is C9H10S2. The van der Waals surface area contributed by atoms with Crippen LogP contribution in [-0.4, -0.2) is 4.20 Å². The molecule has 0 amide bonds. The molecule has 0 bridgehead atoms. The quantitative estimate of drug-likeness (QED) is 0.515. The van der Waals surface area contributed by atoms with Gasteiger partial charge in [0.15, 0.2) is 0 Å². The molecule has 0 saturated carbocycles. The monoisotopic (exact) mass is 182 g/mol. The lowest BCUT2D eigenvalue weighted by molar-refractivity contribution is 1.37. The van der Waals surface area contributed by atoms with Crippen LogP contribution in [-0.2, 0) is 0 Å². The fourth-order valence-corrected chi connectivity index (χ4v) is 1.83. The Bertz CT molecular complexity index is 269. The molecule has 0 aromatic heterocycles. The molecule has 0 spiro atoms. The minimum absolute atomic E-state index is 0.681. The summed E-state index contributed by atoms with van der Waals surface area (Å²) >= 11 is 9.16. The molecule has 1 aromatic carbocycles. The largest absolute Gasteiger partial charge is 0.131 e. The van der Waals surface area contributed by atoms with Gasteiger partial charge in [0.25, 0.3) is 0 Å². The van der Waals surface area contributed by atoms with E-state index in [4.69, 9.17) is 12.2 Å². The molecule has 1 rings (SSSR count). The van der Waals surface area contributed by atoms with Crippen LogP contribution in [0.3, 0.4) is 0 Å². The van der Waals surface area contributed by atoms with Crippen molar-refractivity contribution in [1.29, 1.82) is 0 Å². The van der Waals surface area contributed by atoms with Gasteiger partial charge in [0, 0.05) is 5.56 Å². The normalized spacial score (nSPS) is 9.73. The van der Waals surface area contributed by atoms with Crippen molar-refractivity contribution in [2.45, 2.75) is 13.8 Å². The standard InChI is InChI=1S/C9H10S2/c1-6-4-3-5-7(2)8(6)9(10)11/h3-5H,1-2H3,(H,10,11). The van der Waals surface area contributed by atoms with Gasteiger partial charge in [0.05, 0.1) is 4.20 Å². The number of aryl methyl sites for hydroxylation is 2. The lowest BCUT2D eigenvalue weighted by Gasteiger charge is -2.05.